The topological polar surface area (TPSA) is 66.4 Å². The molecule has 2 N–H and O–H groups in total. The lowest BCUT2D eigenvalue weighted by Crippen LogP contribution is -2.16. The number of hydrogen-bond donors (Lipinski definition) is 2. The molecule has 2 aromatic rings. The van der Waals surface area contributed by atoms with Crippen LogP contribution in [0.3, 0.4) is 0 Å². The Balaban J connectivity index is 2.14. The first-order chi connectivity index (χ1) is 9.95. The van der Waals surface area contributed by atoms with E-state index in [0.29, 0.717) is 15.6 Å². The second-order valence-corrected chi connectivity index (χ2v) is 5.23. The molecule has 0 aliphatic rings. The van der Waals surface area contributed by atoms with Gasteiger partial charge >= 0.3 is 5.97 Å². The molecule has 21 heavy (non-hydrogen) atoms. The maximum Gasteiger partial charge on any atom is 0.337 e. The summed E-state index contributed by atoms with van der Waals surface area (Å²) in [5.41, 5.74) is 0.941. The zero-order chi connectivity index (χ0) is 15.4. The average Bonchev–Trinajstić information content (AvgIpc) is 2.37. The number of rotatable bonds is 4. The molecule has 0 atom stereocenters. The van der Waals surface area contributed by atoms with Gasteiger partial charge in [-0.25, -0.2) is 4.79 Å². The summed E-state index contributed by atoms with van der Waals surface area (Å²) in [4.78, 5) is 23.1. The van der Waals surface area contributed by atoms with Crippen LogP contribution in [0.1, 0.15) is 15.9 Å². The fraction of sp³-hybridized carbons (Fsp3) is 0.0667. The number of carboxylic acid groups (broad SMARTS) is 1. The molecule has 2 rings (SSSR count). The Morgan fingerprint density at radius 1 is 1.05 bits per heavy atom. The molecule has 0 radical (unpaired) electrons. The molecule has 1 amide bonds. The molecule has 0 fully saturated rings. The Morgan fingerprint density at radius 3 is 2.29 bits per heavy atom. The third-order valence-corrected chi connectivity index (χ3v) is 3.16. The van der Waals surface area contributed by atoms with Crippen molar-refractivity contribution in [3.8, 4) is 0 Å². The average molecular weight is 324 g/mol. The van der Waals surface area contributed by atoms with E-state index in [9.17, 15) is 9.59 Å². The summed E-state index contributed by atoms with van der Waals surface area (Å²) in [5, 5.41) is 12.5. The summed E-state index contributed by atoms with van der Waals surface area (Å²) in [6, 6.07) is 11.0. The first-order valence-electron chi connectivity index (χ1n) is 6.03. The molecule has 4 nitrogen and oxygen atoms in total. The van der Waals surface area contributed by atoms with Crippen LogP contribution in [0.4, 0.5) is 5.69 Å². The van der Waals surface area contributed by atoms with Crippen LogP contribution in [0.25, 0.3) is 0 Å². The van der Waals surface area contributed by atoms with Gasteiger partial charge in [-0.05, 0) is 35.9 Å². The number of carbonyl (C=O) groups is 2. The molecule has 0 saturated carbocycles. The number of carbonyl (C=O) groups excluding carboxylic acids is 1. The molecular weight excluding hydrogens is 313 g/mol. The molecule has 6 heteroatoms. The van der Waals surface area contributed by atoms with Crippen molar-refractivity contribution >= 4 is 40.8 Å². The van der Waals surface area contributed by atoms with Crippen molar-refractivity contribution in [3.63, 3.8) is 0 Å². The zero-order valence-electron chi connectivity index (χ0n) is 10.8. The first kappa shape index (κ1) is 15.4. The van der Waals surface area contributed by atoms with Crippen LogP contribution < -0.4 is 5.32 Å². The van der Waals surface area contributed by atoms with E-state index in [2.05, 4.69) is 5.32 Å². The molecule has 0 aliphatic carbocycles. The smallest absolute Gasteiger partial charge is 0.337 e. The lowest BCUT2D eigenvalue weighted by Gasteiger charge is -2.08. The summed E-state index contributed by atoms with van der Waals surface area (Å²) in [6.07, 6.45) is 0.0498. The van der Waals surface area contributed by atoms with Gasteiger partial charge in [-0.1, -0.05) is 35.3 Å². The lowest BCUT2D eigenvalue weighted by atomic mass is 10.1. The molecule has 0 aliphatic heterocycles. The number of aromatic carboxylic acids is 1. The van der Waals surface area contributed by atoms with Crippen molar-refractivity contribution in [3.05, 3.63) is 63.6 Å². The second-order valence-electron chi connectivity index (χ2n) is 4.35. The number of para-hydroxylation sites is 1. The molecule has 0 bridgehead atoms. The fourth-order valence-corrected chi connectivity index (χ4v) is 2.44. The Hall–Kier alpha value is -2.04. The van der Waals surface area contributed by atoms with Crippen LogP contribution in [0.5, 0.6) is 0 Å². The van der Waals surface area contributed by atoms with Crippen LogP contribution in [0.2, 0.25) is 10.0 Å². The van der Waals surface area contributed by atoms with Crippen molar-refractivity contribution < 1.29 is 14.7 Å². The number of halogens is 2. The van der Waals surface area contributed by atoms with Gasteiger partial charge in [0.1, 0.15) is 0 Å². The first-order valence-corrected chi connectivity index (χ1v) is 6.78. The van der Waals surface area contributed by atoms with Gasteiger partial charge in [0, 0.05) is 10.0 Å². The number of hydrogen-bond acceptors (Lipinski definition) is 2. The minimum absolute atomic E-state index is 0.0370. The Kier molecular flexibility index (Phi) is 4.83. The van der Waals surface area contributed by atoms with Crippen molar-refractivity contribution in [2.45, 2.75) is 6.42 Å². The largest absolute Gasteiger partial charge is 0.478 e. The number of anilines is 1. The number of nitrogens with one attached hydrogen (secondary N) is 1. The summed E-state index contributed by atoms with van der Waals surface area (Å²) in [6.45, 7) is 0. The molecule has 0 saturated heterocycles. The van der Waals surface area contributed by atoms with Gasteiger partial charge in [0.2, 0.25) is 5.91 Å². The van der Waals surface area contributed by atoms with E-state index in [4.69, 9.17) is 28.3 Å². The van der Waals surface area contributed by atoms with Crippen LogP contribution in [0, 0.1) is 0 Å². The van der Waals surface area contributed by atoms with Gasteiger partial charge in [0.05, 0.1) is 17.7 Å². The maximum atomic E-state index is 12.0. The summed E-state index contributed by atoms with van der Waals surface area (Å²) < 4.78 is 0. The lowest BCUT2D eigenvalue weighted by molar-refractivity contribution is -0.115. The predicted octanol–water partition coefficient (Wildman–Crippen LogP) is 3.87. The molecule has 0 spiro atoms. The minimum atomic E-state index is -1.10. The highest BCUT2D eigenvalue weighted by Gasteiger charge is 2.12. The van der Waals surface area contributed by atoms with Gasteiger partial charge in [-0.2, -0.15) is 0 Å². The van der Waals surface area contributed by atoms with Crippen molar-refractivity contribution in [2.75, 3.05) is 5.32 Å². The standard InChI is InChI=1S/C15H11Cl2NO3/c16-10-5-9(6-11(17)8-10)7-14(19)18-13-4-2-1-3-12(13)15(20)21/h1-6,8H,7H2,(H,18,19)(H,20,21). The van der Waals surface area contributed by atoms with Gasteiger partial charge in [0.25, 0.3) is 0 Å². The Bertz CT molecular complexity index is 681. The number of carboxylic acids is 1. The summed E-state index contributed by atoms with van der Waals surface area (Å²) >= 11 is 11.7. The molecule has 0 heterocycles. The molecule has 0 unspecified atom stereocenters. The van der Waals surface area contributed by atoms with Crippen LogP contribution in [-0.4, -0.2) is 17.0 Å². The van der Waals surface area contributed by atoms with Crippen molar-refractivity contribution in [1.82, 2.24) is 0 Å². The molecule has 2 aromatic carbocycles. The van der Waals surface area contributed by atoms with Gasteiger partial charge < -0.3 is 10.4 Å². The Labute approximate surface area is 131 Å². The third-order valence-electron chi connectivity index (χ3n) is 2.72. The minimum Gasteiger partial charge on any atom is -0.478 e. The van der Waals surface area contributed by atoms with Gasteiger partial charge in [-0.3, -0.25) is 4.79 Å². The molecular formula is C15H11Cl2NO3. The van der Waals surface area contributed by atoms with E-state index in [1.165, 1.54) is 12.1 Å². The Morgan fingerprint density at radius 2 is 1.67 bits per heavy atom. The van der Waals surface area contributed by atoms with Gasteiger partial charge in [-0.15, -0.1) is 0 Å². The van der Waals surface area contributed by atoms with E-state index in [-0.39, 0.29) is 23.6 Å². The molecule has 108 valence electrons. The van der Waals surface area contributed by atoms with E-state index in [1.807, 2.05) is 0 Å². The van der Waals surface area contributed by atoms with E-state index < -0.39 is 5.97 Å². The fourth-order valence-electron chi connectivity index (χ4n) is 1.87. The van der Waals surface area contributed by atoms with E-state index in [1.54, 1.807) is 30.3 Å². The zero-order valence-corrected chi connectivity index (χ0v) is 12.3. The highest BCUT2D eigenvalue weighted by atomic mass is 35.5. The van der Waals surface area contributed by atoms with Crippen molar-refractivity contribution in [2.24, 2.45) is 0 Å². The van der Waals surface area contributed by atoms with Gasteiger partial charge in [0.15, 0.2) is 0 Å². The molecule has 0 aromatic heterocycles. The second kappa shape index (κ2) is 6.61. The normalized spacial score (nSPS) is 10.2. The maximum absolute atomic E-state index is 12.0. The SMILES string of the molecule is O=C(Cc1cc(Cl)cc(Cl)c1)Nc1ccccc1C(=O)O. The van der Waals surface area contributed by atoms with Crippen LogP contribution in [0.15, 0.2) is 42.5 Å². The van der Waals surface area contributed by atoms with Crippen molar-refractivity contribution in [1.29, 1.82) is 0 Å². The number of benzene rings is 2. The monoisotopic (exact) mass is 323 g/mol. The predicted molar refractivity (Wildman–Crippen MR) is 82.2 cm³/mol. The highest BCUT2D eigenvalue weighted by molar-refractivity contribution is 6.34. The van der Waals surface area contributed by atoms with Crippen LogP contribution >= 0.6 is 23.2 Å². The third kappa shape index (κ3) is 4.21. The number of amides is 1. The quantitative estimate of drug-likeness (QED) is 0.897. The summed E-state index contributed by atoms with van der Waals surface area (Å²) in [5.74, 6) is -1.45. The van der Waals surface area contributed by atoms with E-state index >= 15 is 0 Å². The highest BCUT2D eigenvalue weighted by Crippen LogP contribution is 2.20. The van der Waals surface area contributed by atoms with Crippen LogP contribution in [-0.2, 0) is 11.2 Å². The summed E-state index contributed by atoms with van der Waals surface area (Å²) in [7, 11) is 0. The van der Waals surface area contributed by atoms with E-state index in [0.717, 1.165) is 0 Å².